The Labute approximate surface area is 133 Å². The molecule has 0 radical (unpaired) electrons. The van der Waals surface area contributed by atoms with E-state index in [0.717, 1.165) is 15.6 Å². The molecule has 1 atom stereocenters. The van der Waals surface area contributed by atoms with Gasteiger partial charge < -0.3 is 10.4 Å². The summed E-state index contributed by atoms with van der Waals surface area (Å²) >= 11 is 3.36. The number of hydrogen-bond donors (Lipinski definition) is 2. The summed E-state index contributed by atoms with van der Waals surface area (Å²) in [4.78, 5) is 11.9. The molecule has 4 heteroatoms. The molecule has 1 amide bonds. The average Bonchev–Trinajstić information content (AvgIpc) is 2.49. The number of amides is 1. The predicted octanol–water partition coefficient (Wildman–Crippen LogP) is 3.02. The van der Waals surface area contributed by atoms with E-state index in [1.807, 2.05) is 54.6 Å². The monoisotopic (exact) mass is 347 g/mol. The van der Waals surface area contributed by atoms with Crippen molar-refractivity contribution in [3.05, 3.63) is 70.2 Å². The Morgan fingerprint density at radius 2 is 1.76 bits per heavy atom. The number of carbonyl (C=O) groups is 1. The minimum absolute atomic E-state index is 0.103. The lowest BCUT2D eigenvalue weighted by molar-refractivity contribution is -0.121. The van der Waals surface area contributed by atoms with Crippen molar-refractivity contribution in [3.63, 3.8) is 0 Å². The van der Waals surface area contributed by atoms with Gasteiger partial charge in [-0.15, -0.1) is 0 Å². The molecular weight excluding hydrogens is 330 g/mol. The highest BCUT2D eigenvalue weighted by atomic mass is 79.9. The second-order valence-electron chi connectivity index (χ2n) is 5.22. The minimum atomic E-state index is -1.07. The highest BCUT2D eigenvalue weighted by Gasteiger charge is 2.23. The number of carbonyl (C=O) groups excluding carboxylic acids is 1. The molecule has 0 saturated carbocycles. The van der Waals surface area contributed by atoms with Crippen LogP contribution in [0.4, 0.5) is 0 Å². The summed E-state index contributed by atoms with van der Waals surface area (Å²) in [5.74, 6) is -0.103. The molecule has 2 N–H and O–H groups in total. The quantitative estimate of drug-likeness (QED) is 0.873. The van der Waals surface area contributed by atoms with E-state index in [9.17, 15) is 9.90 Å². The van der Waals surface area contributed by atoms with Gasteiger partial charge in [-0.2, -0.15) is 0 Å². The van der Waals surface area contributed by atoms with E-state index in [4.69, 9.17) is 0 Å². The fourth-order valence-corrected chi connectivity index (χ4v) is 2.28. The lowest BCUT2D eigenvalue weighted by atomic mass is 9.96. The van der Waals surface area contributed by atoms with Crippen LogP contribution in [-0.4, -0.2) is 17.6 Å². The number of halogens is 1. The number of hydrogen-bond acceptors (Lipinski definition) is 2. The van der Waals surface area contributed by atoms with Crippen molar-refractivity contribution in [2.24, 2.45) is 0 Å². The molecular formula is C17H18BrNO2. The van der Waals surface area contributed by atoms with Gasteiger partial charge in [-0.1, -0.05) is 58.4 Å². The van der Waals surface area contributed by atoms with Crippen molar-refractivity contribution in [3.8, 4) is 0 Å². The first-order valence-corrected chi connectivity index (χ1v) is 7.56. The van der Waals surface area contributed by atoms with Crippen LogP contribution in [0.3, 0.4) is 0 Å². The number of nitrogens with one attached hydrogen (secondary N) is 1. The molecule has 21 heavy (non-hydrogen) atoms. The lowest BCUT2D eigenvalue weighted by Gasteiger charge is -2.24. The summed E-state index contributed by atoms with van der Waals surface area (Å²) < 4.78 is 0.985. The van der Waals surface area contributed by atoms with E-state index >= 15 is 0 Å². The van der Waals surface area contributed by atoms with E-state index in [1.165, 1.54) is 0 Å². The molecule has 0 aliphatic heterocycles. The Balaban J connectivity index is 1.90. The first-order valence-electron chi connectivity index (χ1n) is 6.76. The third-order valence-electron chi connectivity index (χ3n) is 3.30. The first kappa shape index (κ1) is 15.7. The Morgan fingerprint density at radius 1 is 1.14 bits per heavy atom. The largest absolute Gasteiger partial charge is 0.384 e. The number of benzene rings is 2. The van der Waals surface area contributed by atoms with Crippen LogP contribution < -0.4 is 5.32 Å². The highest BCUT2D eigenvalue weighted by Crippen LogP contribution is 2.19. The van der Waals surface area contributed by atoms with Gasteiger partial charge in [0.25, 0.3) is 0 Å². The Bertz CT molecular complexity index is 594. The standard InChI is InChI=1S/C17H18BrNO2/c1-17(21,14-5-3-2-4-6-14)12-19-16(20)11-13-7-9-15(18)10-8-13/h2-10,21H,11-12H2,1H3,(H,19,20). The zero-order chi connectivity index (χ0) is 15.3. The van der Waals surface area contributed by atoms with Gasteiger partial charge in [-0.3, -0.25) is 4.79 Å². The third kappa shape index (κ3) is 4.69. The van der Waals surface area contributed by atoms with Crippen molar-refractivity contribution in [2.45, 2.75) is 18.9 Å². The van der Waals surface area contributed by atoms with Crippen LogP contribution in [0.2, 0.25) is 0 Å². The van der Waals surface area contributed by atoms with E-state index in [1.54, 1.807) is 6.92 Å². The maximum atomic E-state index is 11.9. The van der Waals surface area contributed by atoms with Crippen molar-refractivity contribution < 1.29 is 9.90 Å². The van der Waals surface area contributed by atoms with E-state index in [2.05, 4.69) is 21.2 Å². The molecule has 0 aromatic heterocycles. The van der Waals surface area contributed by atoms with Gasteiger partial charge in [0.05, 0.1) is 13.0 Å². The molecule has 0 bridgehead atoms. The van der Waals surface area contributed by atoms with E-state index in [-0.39, 0.29) is 12.5 Å². The zero-order valence-electron chi connectivity index (χ0n) is 11.8. The topological polar surface area (TPSA) is 49.3 Å². The van der Waals surface area contributed by atoms with Crippen LogP contribution in [0.25, 0.3) is 0 Å². The Morgan fingerprint density at radius 3 is 2.38 bits per heavy atom. The van der Waals surface area contributed by atoms with Crippen LogP contribution >= 0.6 is 15.9 Å². The second-order valence-corrected chi connectivity index (χ2v) is 6.14. The third-order valence-corrected chi connectivity index (χ3v) is 3.83. The molecule has 0 aliphatic rings. The van der Waals surface area contributed by atoms with Gasteiger partial charge in [0.1, 0.15) is 5.60 Å². The second kappa shape index (κ2) is 6.87. The lowest BCUT2D eigenvalue weighted by Crippen LogP contribution is -2.39. The molecule has 2 aromatic carbocycles. The number of aliphatic hydroxyl groups is 1. The smallest absolute Gasteiger partial charge is 0.224 e. The summed E-state index contributed by atoms with van der Waals surface area (Å²) in [7, 11) is 0. The molecule has 2 rings (SSSR count). The summed E-state index contributed by atoms with van der Waals surface area (Å²) in [6.07, 6.45) is 0.304. The van der Waals surface area contributed by atoms with Gasteiger partial charge in [0.2, 0.25) is 5.91 Å². The molecule has 110 valence electrons. The van der Waals surface area contributed by atoms with E-state index < -0.39 is 5.60 Å². The van der Waals surface area contributed by atoms with Crippen molar-refractivity contribution in [1.29, 1.82) is 0 Å². The van der Waals surface area contributed by atoms with Gasteiger partial charge in [-0.05, 0) is 30.2 Å². The van der Waals surface area contributed by atoms with Gasteiger partial charge in [-0.25, -0.2) is 0 Å². The molecule has 0 fully saturated rings. The summed E-state index contributed by atoms with van der Waals surface area (Å²) in [6, 6.07) is 16.9. The summed E-state index contributed by atoms with van der Waals surface area (Å²) in [5, 5.41) is 13.2. The maximum Gasteiger partial charge on any atom is 0.224 e. The van der Waals surface area contributed by atoms with Crippen molar-refractivity contribution in [2.75, 3.05) is 6.54 Å². The molecule has 0 spiro atoms. The van der Waals surface area contributed by atoms with Crippen LogP contribution in [-0.2, 0) is 16.8 Å². The van der Waals surface area contributed by atoms with Crippen molar-refractivity contribution >= 4 is 21.8 Å². The minimum Gasteiger partial charge on any atom is -0.384 e. The number of rotatable bonds is 5. The molecule has 1 unspecified atom stereocenters. The SMILES string of the molecule is CC(O)(CNC(=O)Cc1ccc(Br)cc1)c1ccccc1. The normalized spacial score (nSPS) is 13.5. The van der Waals surface area contributed by atoms with Gasteiger partial charge >= 0.3 is 0 Å². The first-order chi connectivity index (χ1) is 9.97. The van der Waals surface area contributed by atoms with Crippen LogP contribution in [0.15, 0.2) is 59.1 Å². The Kier molecular flexibility index (Phi) is 5.15. The van der Waals surface area contributed by atoms with Gasteiger partial charge in [0.15, 0.2) is 0 Å². The molecule has 3 nitrogen and oxygen atoms in total. The molecule has 0 heterocycles. The van der Waals surface area contributed by atoms with Crippen LogP contribution in [0.5, 0.6) is 0 Å². The fourth-order valence-electron chi connectivity index (χ4n) is 2.02. The Hall–Kier alpha value is -1.65. The molecule has 0 saturated heterocycles. The van der Waals surface area contributed by atoms with E-state index in [0.29, 0.717) is 6.42 Å². The molecule has 2 aromatic rings. The van der Waals surface area contributed by atoms with Crippen molar-refractivity contribution in [1.82, 2.24) is 5.32 Å². The predicted molar refractivity (Wildman–Crippen MR) is 86.9 cm³/mol. The summed E-state index contributed by atoms with van der Waals surface area (Å²) in [6.45, 7) is 1.88. The maximum absolute atomic E-state index is 11.9. The average molecular weight is 348 g/mol. The highest BCUT2D eigenvalue weighted by molar-refractivity contribution is 9.10. The molecule has 0 aliphatic carbocycles. The fraction of sp³-hybridized carbons (Fsp3) is 0.235. The van der Waals surface area contributed by atoms with Crippen LogP contribution in [0.1, 0.15) is 18.1 Å². The van der Waals surface area contributed by atoms with Crippen LogP contribution in [0, 0.1) is 0 Å². The zero-order valence-corrected chi connectivity index (χ0v) is 13.4. The van der Waals surface area contributed by atoms with Gasteiger partial charge in [0, 0.05) is 4.47 Å². The summed E-state index contributed by atoms with van der Waals surface area (Å²) in [5.41, 5.74) is 0.653.